The van der Waals surface area contributed by atoms with Crippen molar-refractivity contribution in [3.63, 3.8) is 0 Å². The predicted octanol–water partition coefficient (Wildman–Crippen LogP) is 4.44. The first-order valence-corrected chi connectivity index (χ1v) is 8.70. The van der Waals surface area contributed by atoms with Gasteiger partial charge >= 0.3 is 0 Å². The van der Waals surface area contributed by atoms with Crippen molar-refractivity contribution >= 4 is 5.91 Å². The van der Waals surface area contributed by atoms with E-state index < -0.39 is 0 Å². The zero-order chi connectivity index (χ0) is 18.2. The van der Waals surface area contributed by atoms with Crippen molar-refractivity contribution in [3.8, 4) is 11.5 Å². The predicted molar refractivity (Wildman–Crippen MR) is 100 cm³/mol. The van der Waals surface area contributed by atoms with Gasteiger partial charge in [0.2, 0.25) is 0 Å². The molecule has 0 heterocycles. The number of carbonyl (C=O) groups is 1. The van der Waals surface area contributed by atoms with Gasteiger partial charge < -0.3 is 14.8 Å². The molecule has 2 aromatic carbocycles. The third-order valence-corrected chi connectivity index (χ3v) is 3.45. The third-order valence-electron chi connectivity index (χ3n) is 3.45. The summed E-state index contributed by atoms with van der Waals surface area (Å²) in [5.74, 6) is 1.99. The molecule has 134 valence electrons. The summed E-state index contributed by atoms with van der Waals surface area (Å²) in [6.07, 6.45) is 0.151. The minimum Gasteiger partial charge on any atom is -0.493 e. The summed E-state index contributed by atoms with van der Waals surface area (Å²) in [5, 5.41) is 2.92. The van der Waals surface area contributed by atoms with Gasteiger partial charge in [0.1, 0.15) is 11.5 Å². The second-order valence-corrected chi connectivity index (χ2v) is 6.72. The van der Waals surface area contributed by atoms with Crippen LogP contribution in [-0.2, 0) is 6.54 Å². The van der Waals surface area contributed by atoms with Crippen LogP contribution in [0.5, 0.6) is 11.5 Å². The van der Waals surface area contributed by atoms with E-state index in [2.05, 4.69) is 19.2 Å². The Morgan fingerprint density at radius 2 is 1.52 bits per heavy atom. The molecule has 0 aliphatic rings. The molecule has 4 heteroatoms. The molecular formula is C21H27NO3. The van der Waals surface area contributed by atoms with Crippen molar-refractivity contribution < 1.29 is 14.3 Å². The van der Waals surface area contributed by atoms with E-state index in [1.54, 1.807) is 12.1 Å². The van der Waals surface area contributed by atoms with Crippen LogP contribution in [0, 0.1) is 5.92 Å². The number of amides is 1. The Morgan fingerprint density at radius 1 is 0.920 bits per heavy atom. The molecule has 0 unspecified atom stereocenters. The topological polar surface area (TPSA) is 47.6 Å². The standard InChI is InChI=1S/C21H27NO3/c1-15(2)14-24-19-11-7-18(8-12-19)21(23)22-13-17-5-9-20(10-6-17)25-16(3)4/h5-12,15-16H,13-14H2,1-4H3,(H,22,23). The second kappa shape index (κ2) is 9.11. The Hall–Kier alpha value is -2.49. The quantitative estimate of drug-likeness (QED) is 0.772. The first-order chi connectivity index (χ1) is 11.9. The smallest absolute Gasteiger partial charge is 0.251 e. The largest absolute Gasteiger partial charge is 0.493 e. The van der Waals surface area contributed by atoms with Gasteiger partial charge in [-0.3, -0.25) is 4.79 Å². The number of hydrogen-bond acceptors (Lipinski definition) is 3. The molecule has 0 radical (unpaired) electrons. The Labute approximate surface area is 150 Å². The van der Waals surface area contributed by atoms with Crippen LogP contribution in [0.1, 0.15) is 43.6 Å². The average molecular weight is 341 g/mol. The van der Waals surface area contributed by atoms with Gasteiger partial charge in [-0.15, -0.1) is 0 Å². The van der Waals surface area contributed by atoms with Gasteiger partial charge in [0.05, 0.1) is 12.7 Å². The van der Waals surface area contributed by atoms with Gasteiger partial charge in [0.25, 0.3) is 5.91 Å². The molecule has 4 nitrogen and oxygen atoms in total. The summed E-state index contributed by atoms with van der Waals surface area (Å²) in [4.78, 5) is 12.2. The molecule has 1 N–H and O–H groups in total. The fourth-order valence-electron chi connectivity index (χ4n) is 2.21. The van der Waals surface area contributed by atoms with Crippen LogP contribution >= 0.6 is 0 Å². The number of nitrogens with one attached hydrogen (secondary N) is 1. The van der Waals surface area contributed by atoms with Crippen LogP contribution in [-0.4, -0.2) is 18.6 Å². The van der Waals surface area contributed by atoms with Gasteiger partial charge in [0.15, 0.2) is 0 Å². The lowest BCUT2D eigenvalue weighted by Crippen LogP contribution is -2.22. The monoisotopic (exact) mass is 341 g/mol. The molecule has 25 heavy (non-hydrogen) atoms. The van der Waals surface area contributed by atoms with E-state index in [0.717, 1.165) is 17.1 Å². The molecule has 0 saturated heterocycles. The summed E-state index contributed by atoms with van der Waals surface area (Å²) < 4.78 is 11.2. The van der Waals surface area contributed by atoms with Gasteiger partial charge in [-0.1, -0.05) is 26.0 Å². The highest BCUT2D eigenvalue weighted by molar-refractivity contribution is 5.94. The Balaban J connectivity index is 1.85. The fourth-order valence-corrected chi connectivity index (χ4v) is 2.21. The molecule has 0 aliphatic carbocycles. The maximum atomic E-state index is 12.2. The molecule has 1 amide bonds. The third kappa shape index (κ3) is 6.49. The first-order valence-electron chi connectivity index (χ1n) is 8.70. The second-order valence-electron chi connectivity index (χ2n) is 6.72. The molecule has 0 fully saturated rings. The van der Waals surface area contributed by atoms with Crippen LogP contribution in [0.3, 0.4) is 0 Å². The maximum absolute atomic E-state index is 12.2. The summed E-state index contributed by atoms with van der Waals surface area (Å²) >= 11 is 0. The lowest BCUT2D eigenvalue weighted by Gasteiger charge is -2.11. The maximum Gasteiger partial charge on any atom is 0.251 e. The minimum atomic E-state index is -0.0992. The number of rotatable bonds is 8. The zero-order valence-electron chi connectivity index (χ0n) is 15.4. The lowest BCUT2D eigenvalue weighted by molar-refractivity contribution is 0.0951. The molecule has 2 rings (SSSR count). The van der Waals surface area contributed by atoms with Gasteiger partial charge in [-0.25, -0.2) is 0 Å². The van der Waals surface area contributed by atoms with E-state index in [1.807, 2.05) is 50.2 Å². The van der Waals surface area contributed by atoms with Gasteiger partial charge in [0, 0.05) is 12.1 Å². The Bertz CT molecular complexity index is 661. The molecule has 0 spiro atoms. The summed E-state index contributed by atoms with van der Waals surface area (Å²) in [6.45, 7) is 9.33. The summed E-state index contributed by atoms with van der Waals surface area (Å²) in [7, 11) is 0. The zero-order valence-corrected chi connectivity index (χ0v) is 15.4. The van der Waals surface area contributed by atoms with Crippen molar-refractivity contribution in [1.29, 1.82) is 0 Å². The molecule has 0 saturated carbocycles. The fraction of sp³-hybridized carbons (Fsp3) is 0.381. The minimum absolute atomic E-state index is 0.0992. The summed E-state index contributed by atoms with van der Waals surface area (Å²) in [6, 6.07) is 15.0. The van der Waals surface area contributed by atoms with Crippen LogP contribution < -0.4 is 14.8 Å². The first kappa shape index (κ1) is 18.8. The van der Waals surface area contributed by atoms with E-state index in [-0.39, 0.29) is 12.0 Å². The van der Waals surface area contributed by atoms with Gasteiger partial charge in [-0.2, -0.15) is 0 Å². The van der Waals surface area contributed by atoms with Crippen molar-refractivity contribution in [3.05, 3.63) is 59.7 Å². The van der Waals surface area contributed by atoms with E-state index in [1.165, 1.54) is 0 Å². The summed E-state index contributed by atoms with van der Waals surface area (Å²) in [5.41, 5.74) is 1.65. The SMILES string of the molecule is CC(C)COc1ccc(C(=O)NCc2ccc(OC(C)C)cc2)cc1. The number of ether oxygens (including phenoxy) is 2. The number of carbonyl (C=O) groups excluding carboxylic acids is 1. The molecule has 2 aromatic rings. The molecule has 0 atom stereocenters. The van der Waals surface area contributed by atoms with Crippen molar-refractivity contribution in [2.75, 3.05) is 6.61 Å². The van der Waals surface area contributed by atoms with E-state index in [4.69, 9.17) is 9.47 Å². The Morgan fingerprint density at radius 3 is 2.08 bits per heavy atom. The number of benzene rings is 2. The number of hydrogen-bond donors (Lipinski definition) is 1. The lowest BCUT2D eigenvalue weighted by atomic mass is 10.2. The van der Waals surface area contributed by atoms with Crippen LogP contribution in [0.4, 0.5) is 0 Å². The van der Waals surface area contributed by atoms with Gasteiger partial charge in [-0.05, 0) is 61.7 Å². The highest BCUT2D eigenvalue weighted by Gasteiger charge is 2.06. The van der Waals surface area contributed by atoms with Crippen LogP contribution in [0.15, 0.2) is 48.5 Å². The van der Waals surface area contributed by atoms with Crippen molar-refractivity contribution in [1.82, 2.24) is 5.32 Å². The Kier molecular flexibility index (Phi) is 6.87. The highest BCUT2D eigenvalue weighted by Crippen LogP contribution is 2.15. The molecular weight excluding hydrogens is 314 g/mol. The highest BCUT2D eigenvalue weighted by atomic mass is 16.5. The molecule has 0 aliphatic heterocycles. The molecule has 0 aromatic heterocycles. The van der Waals surface area contributed by atoms with Crippen LogP contribution in [0.25, 0.3) is 0 Å². The normalized spacial score (nSPS) is 10.8. The van der Waals surface area contributed by atoms with E-state index in [0.29, 0.717) is 24.6 Å². The van der Waals surface area contributed by atoms with Crippen molar-refractivity contribution in [2.24, 2.45) is 5.92 Å². The molecule has 0 bridgehead atoms. The average Bonchev–Trinajstić information content (AvgIpc) is 2.59. The van der Waals surface area contributed by atoms with E-state index in [9.17, 15) is 4.79 Å². The van der Waals surface area contributed by atoms with E-state index >= 15 is 0 Å². The van der Waals surface area contributed by atoms with Crippen LogP contribution in [0.2, 0.25) is 0 Å². The van der Waals surface area contributed by atoms with Crippen molar-refractivity contribution in [2.45, 2.75) is 40.3 Å².